The van der Waals surface area contributed by atoms with Crippen molar-refractivity contribution >= 4 is 13.7 Å². The molecule has 0 atom stereocenters. The van der Waals surface area contributed by atoms with Gasteiger partial charge in [0.15, 0.2) is 0 Å². The van der Waals surface area contributed by atoms with Gasteiger partial charge >= 0.3 is 150 Å². The van der Waals surface area contributed by atoms with Gasteiger partial charge in [0.25, 0.3) is 0 Å². The predicted octanol–water partition coefficient (Wildman–Crippen LogP) is 5.84. The first kappa shape index (κ1) is 21.9. The number of rotatable bonds is 13. The van der Waals surface area contributed by atoms with Gasteiger partial charge in [-0.3, -0.25) is 0 Å². The molecule has 0 saturated carbocycles. The van der Waals surface area contributed by atoms with Crippen LogP contribution in [0.4, 0.5) is 3.50 Å². The average molecular weight is 402 g/mol. The summed E-state index contributed by atoms with van der Waals surface area (Å²) in [5.41, 5.74) is 1.17. The van der Waals surface area contributed by atoms with E-state index in [2.05, 4.69) is 13.8 Å². The molecule has 0 aromatic carbocycles. The Morgan fingerprint density at radius 2 is 1.71 bits per heavy atom. The fourth-order valence-electron chi connectivity index (χ4n) is 2.85. The second kappa shape index (κ2) is 10.7. The van der Waals surface area contributed by atoms with E-state index in [-0.39, 0.29) is 0 Å². The first-order valence-corrected chi connectivity index (χ1v) is 15.4. The fraction of sp³-hybridized carbons (Fsp3) is 0.789. The molecular formula is C19H34FGeO3. The van der Waals surface area contributed by atoms with Gasteiger partial charge in [-0.05, 0) is 0 Å². The van der Waals surface area contributed by atoms with Crippen molar-refractivity contribution in [2.24, 2.45) is 0 Å². The Balaban J connectivity index is 2.54. The Bertz CT molecular complexity index is 417. The van der Waals surface area contributed by atoms with Crippen molar-refractivity contribution in [3.8, 4) is 0 Å². The minimum atomic E-state index is -3.29. The number of allylic oxidation sites excluding steroid dienone is 4. The van der Waals surface area contributed by atoms with Crippen molar-refractivity contribution in [3.63, 3.8) is 0 Å². The molecule has 0 saturated heterocycles. The van der Waals surface area contributed by atoms with Crippen LogP contribution in [0.15, 0.2) is 22.1 Å². The van der Waals surface area contributed by atoms with Gasteiger partial charge in [-0.1, -0.05) is 0 Å². The van der Waals surface area contributed by atoms with E-state index in [4.69, 9.17) is 9.47 Å². The molecule has 139 valence electrons. The zero-order chi connectivity index (χ0) is 18.1. The molecule has 1 rings (SSSR count). The summed E-state index contributed by atoms with van der Waals surface area (Å²) in [5, 5.41) is 12.8. The van der Waals surface area contributed by atoms with Crippen LogP contribution in [0.5, 0.6) is 0 Å². The minimum absolute atomic E-state index is 0.316. The Morgan fingerprint density at radius 3 is 2.21 bits per heavy atom. The summed E-state index contributed by atoms with van der Waals surface area (Å²) >= 11 is -3.29. The Hall–Kier alpha value is -0.167. The van der Waals surface area contributed by atoms with Crippen molar-refractivity contribution in [1.82, 2.24) is 0 Å². The van der Waals surface area contributed by atoms with Crippen LogP contribution in [0.3, 0.4) is 0 Å². The van der Waals surface area contributed by atoms with Gasteiger partial charge < -0.3 is 0 Å². The number of ether oxygens (including phenoxy) is 2. The quantitative estimate of drug-likeness (QED) is 0.220. The van der Waals surface area contributed by atoms with E-state index in [0.717, 1.165) is 42.9 Å². The van der Waals surface area contributed by atoms with Crippen LogP contribution in [0.1, 0.15) is 65.2 Å². The van der Waals surface area contributed by atoms with Crippen molar-refractivity contribution in [2.75, 3.05) is 13.2 Å². The van der Waals surface area contributed by atoms with E-state index in [9.17, 15) is 8.61 Å². The van der Waals surface area contributed by atoms with Gasteiger partial charge in [0.2, 0.25) is 0 Å². The van der Waals surface area contributed by atoms with Crippen molar-refractivity contribution < 1.29 is 18.1 Å². The zero-order valence-electron chi connectivity index (χ0n) is 15.8. The molecule has 0 aromatic heterocycles. The standard InChI is InChI=1S/C19H34FGeO3/c1-5-7-15-23-19(22,24-16-8-6-2)14-10-12-17-11-9-13-18(17)21(3,4)20/h9,13H,5-8,10-12,14-16H2,1-4H3. The third-order valence-corrected chi connectivity index (χ3v) is 8.05. The van der Waals surface area contributed by atoms with Gasteiger partial charge in [-0.25, -0.2) is 0 Å². The third-order valence-electron chi connectivity index (χ3n) is 4.27. The van der Waals surface area contributed by atoms with Gasteiger partial charge in [0.05, 0.1) is 0 Å². The summed E-state index contributed by atoms with van der Waals surface area (Å²) < 4.78 is 26.3. The zero-order valence-corrected chi connectivity index (χ0v) is 17.9. The van der Waals surface area contributed by atoms with Gasteiger partial charge in [-0.2, -0.15) is 0 Å². The normalized spacial score (nSPS) is 15.6. The van der Waals surface area contributed by atoms with E-state index in [1.165, 1.54) is 5.57 Å². The summed E-state index contributed by atoms with van der Waals surface area (Å²) in [6.07, 6.45) is 10.3. The summed E-state index contributed by atoms with van der Waals surface area (Å²) in [4.78, 5) is 0. The summed E-state index contributed by atoms with van der Waals surface area (Å²) in [7, 11) is 0. The third kappa shape index (κ3) is 7.81. The molecule has 0 aromatic rings. The SMILES string of the molecule is CCCCOC([O])(CCCC1=[C]([Ge]([CH3])([CH3])[F])C=CC1)OCCCC. The average Bonchev–Trinajstić information content (AvgIpc) is 2.96. The molecule has 0 aliphatic heterocycles. The Morgan fingerprint density at radius 1 is 1.12 bits per heavy atom. The van der Waals surface area contributed by atoms with Crippen LogP contribution in [0, 0.1) is 0 Å². The first-order valence-electron chi connectivity index (χ1n) is 9.38. The molecule has 0 fully saturated rings. The monoisotopic (exact) mass is 403 g/mol. The van der Waals surface area contributed by atoms with Crippen molar-refractivity contribution in [1.29, 1.82) is 0 Å². The van der Waals surface area contributed by atoms with Crippen LogP contribution in [0.2, 0.25) is 11.5 Å². The molecule has 0 unspecified atom stereocenters. The Kier molecular flexibility index (Phi) is 9.79. The maximum atomic E-state index is 14.4. The predicted molar refractivity (Wildman–Crippen MR) is 98.4 cm³/mol. The molecular weight excluding hydrogens is 368 g/mol. The van der Waals surface area contributed by atoms with Crippen molar-refractivity contribution in [2.45, 2.75) is 82.7 Å². The van der Waals surface area contributed by atoms with Crippen LogP contribution >= 0.6 is 0 Å². The van der Waals surface area contributed by atoms with E-state index in [0.29, 0.717) is 26.1 Å². The first-order chi connectivity index (χ1) is 11.3. The van der Waals surface area contributed by atoms with Gasteiger partial charge in [0, 0.05) is 0 Å². The maximum absolute atomic E-state index is 14.4. The number of halogens is 1. The molecule has 0 amide bonds. The number of hydrogen-bond acceptors (Lipinski definition) is 2. The molecule has 5 heteroatoms. The van der Waals surface area contributed by atoms with E-state index < -0.39 is 19.7 Å². The second-order valence-corrected chi connectivity index (χ2v) is 14.3. The molecule has 1 aliphatic rings. The molecule has 3 nitrogen and oxygen atoms in total. The van der Waals surface area contributed by atoms with Gasteiger partial charge in [-0.15, -0.1) is 0 Å². The molecule has 0 heterocycles. The summed E-state index contributed by atoms with van der Waals surface area (Å²) in [6.45, 7) is 5.01. The molecule has 24 heavy (non-hydrogen) atoms. The topological polar surface area (TPSA) is 38.4 Å². The molecule has 1 aliphatic carbocycles. The second-order valence-electron chi connectivity index (χ2n) is 7.04. The van der Waals surface area contributed by atoms with Crippen LogP contribution in [0.25, 0.3) is 0 Å². The summed E-state index contributed by atoms with van der Waals surface area (Å²) in [5.74, 6) is 1.79. The molecule has 1 radical (unpaired) electrons. The van der Waals surface area contributed by atoms with Crippen molar-refractivity contribution in [3.05, 3.63) is 22.1 Å². The molecule has 0 spiro atoms. The van der Waals surface area contributed by atoms with Gasteiger partial charge in [0.1, 0.15) is 0 Å². The molecule has 0 N–H and O–H groups in total. The Labute approximate surface area is 150 Å². The number of unbranched alkanes of at least 4 members (excludes halogenated alkanes) is 2. The van der Waals surface area contributed by atoms with Crippen LogP contribution in [-0.2, 0) is 14.6 Å². The van der Waals surface area contributed by atoms with Crippen LogP contribution in [-0.4, -0.2) is 32.9 Å². The number of hydrogen-bond donors (Lipinski definition) is 0. The van der Waals surface area contributed by atoms with E-state index in [1.54, 1.807) is 11.5 Å². The van der Waals surface area contributed by atoms with E-state index >= 15 is 0 Å². The molecule has 0 bridgehead atoms. The fourth-order valence-corrected chi connectivity index (χ4v) is 6.17. The van der Waals surface area contributed by atoms with Crippen LogP contribution < -0.4 is 0 Å². The summed E-state index contributed by atoms with van der Waals surface area (Å²) in [6, 6.07) is 0. The van der Waals surface area contributed by atoms with E-state index in [1.807, 2.05) is 12.2 Å².